The van der Waals surface area contributed by atoms with Gasteiger partial charge in [0.1, 0.15) is 5.78 Å². The van der Waals surface area contributed by atoms with Gasteiger partial charge in [0, 0.05) is 12.3 Å². The molecule has 1 heteroatoms. The summed E-state index contributed by atoms with van der Waals surface area (Å²) in [5.74, 6) is 1.97. The molecule has 0 aromatic carbocycles. The Morgan fingerprint density at radius 3 is 2.36 bits per heavy atom. The van der Waals surface area contributed by atoms with E-state index in [2.05, 4.69) is 0 Å². The Labute approximate surface area is 87.3 Å². The SMILES string of the molecule is O=C1CCCC1CCC1CCCCC1. The van der Waals surface area contributed by atoms with Crippen LogP contribution in [0.5, 0.6) is 0 Å². The number of ketones is 1. The van der Waals surface area contributed by atoms with Crippen LogP contribution in [0.4, 0.5) is 0 Å². The lowest BCUT2D eigenvalue weighted by atomic mass is 9.84. The Kier molecular flexibility index (Phi) is 3.61. The number of carbonyl (C=O) groups excluding carboxylic acids is 1. The summed E-state index contributed by atoms with van der Waals surface area (Å²) >= 11 is 0. The van der Waals surface area contributed by atoms with E-state index >= 15 is 0 Å². The highest BCUT2D eigenvalue weighted by Gasteiger charge is 2.25. The highest BCUT2D eigenvalue weighted by molar-refractivity contribution is 5.82. The predicted octanol–water partition coefficient (Wildman–Crippen LogP) is 3.72. The van der Waals surface area contributed by atoms with Crippen molar-refractivity contribution >= 4 is 5.78 Å². The maximum atomic E-state index is 11.4. The summed E-state index contributed by atoms with van der Waals surface area (Å²) in [6.07, 6.45) is 12.9. The van der Waals surface area contributed by atoms with E-state index < -0.39 is 0 Å². The van der Waals surface area contributed by atoms with Crippen LogP contribution in [-0.2, 0) is 4.79 Å². The molecule has 0 aromatic heterocycles. The lowest BCUT2D eigenvalue weighted by Crippen LogP contribution is -2.11. The summed E-state index contributed by atoms with van der Waals surface area (Å²) < 4.78 is 0. The highest BCUT2D eigenvalue weighted by Crippen LogP contribution is 2.32. The van der Waals surface area contributed by atoms with Gasteiger partial charge in [0.25, 0.3) is 0 Å². The molecule has 0 radical (unpaired) electrons. The van der Waals surface area contributed by atoms with Gasteiger partial charge in [0.2, 0.25) is 0 Å². The number of rotatable bonds is 3. The minimum absolute atomic E-state index is 0.455. The first kappa shape index (κ1) is 10.2. The molecule has 0 heterocycles. The fourth-order valence-corrected chi connectivity index (χ4v) is 3.11. The molecule has 2 aliphatic carbocycles. The zero-order chi connectivity index (χ0) is 9.80. The van der Waals surface area contributed by atoms with Crippen LogP contribution in [-0.4, -0.2) is 5.78 Å². The maximum Gasteiger partial charge on any atom is 0.135 e. The summed E-state index contributed by atoms with van der Waals surface area (Å²) in [7, 11) is 0. The molecule has 14 heavy (non-hydrogen) atoms. The number of carbonyl (C=O) groups is 1. The molecule has 1 unspecified atom stereocenters. The van der Waals surface area contributed by atoms with Crippen molar-refractivity contribution in [2.75, 3.05) is 0 Å². The second-order valence-corrected chi connectivity index (χ2v) is 5.14. The van der Waals surface area contributed by atoms with E-state index in [9.17, 15) is 4.79 Å². The van der Waals surface area contributed by atoms with Crippen molar-refractivity contribution < 1.29 is 4.79 Å². The molecule has 1 nitrogen and oxygen atoms in total. The van der Waals surface area contributed by atoms with Crippen molar-refractivity contribution in [1.82, 2.24) is 0 Å². The smallest absolute Gasteiger partial charge is 0.135 e. The predicted molar refractivity (Wildman–Crippen MR) is 58.2 cm³/mol. The first-order valence-corrected chi connectivity index (χ1v) is 6.39. The van der Waals surface area contributed by atoms with Crippen LogP contribution in [0.15, 0.2) is 0 Å². The van der Waals surface area contributed by atoms with Crippen molar-refractivity contribution in [3.05, 3.63) is 0 Å². The first-order chi connectivity index (χ1) is 6.86. The van der Waals surface area contributed by atoms with Crippen molar-refractivity contribution in [2.24, 2.45) is 11.8 Å². The Balaban J connectivity index is 1.68. The van der Waals surface area contributed by atoms with E-state index in [1.165, 1.54) is 51.4 Å². The van der Waals surface area contributed by atoms with Crippen LogP contribution in [0.1, 0.15) is 64.2 Å². The van der Waals surface area contributed by atoms with E-state index in [0.29, 0.717) is 11.7 Å². The molecule has 0 N–H and O–H groups in total. The van der Waals surface area contributed by atoms with Gasteiger partial charge in [-0.3, -0.25) is 4.79 Å². The van der Waals surface area contributed by atoms with Crippen LogP contribution in [0.25, 0.3) is 0 Å². The van der Waals surface area contributed by atoms with Gasteiger partial charge in [0.15, 0.2) is 0 Å². The summed E-state index contributed by atoms with van der Waals surface area (Å²) in [6, 6.07) is 0. The highest BCUT2D eigenvalue weighted by atomic mass is 16.1. The van der Waals surface area contributed by atoms with Gasteiger partial charge in [-0.1, -0.05) is 32.1 Å². The quantitative estimate of drug-likeness (QED) is 0.669. The zero-order valence-electron chi connectivity index (χ0n) is 9.13. The summed E-state index contributed by atoms with van der Waals surface area (Å²) in [4.78, 5) is 11.4. The fraction of sp³-hybridized carbons (Fsp3) is 0.923. The molecule has 0 saturated heterocycles. The van der Waals surface area contributed by atoms with Gasteiger partial charge < -0.3 is 0 Å². The Hall–Kier alpha value is -0.330. The topological polar surface area (TPSA) is 17.1 Å². The summed E-state index contributed by atoms with van der Waals surface area (Å²) in [5, 5.41) is 0. The third-order valence-corrected chi connectivity index (χ3v) is 4.08. The van der Waals surface area contributed by atoms with Gasteiger partial charge in [-0.25, -0.2) is 0 Å². The molecule has 2 fully saturated rings. The molecule has 1 atom stereocenters. The molecule has 0 bridgehead atoms. The van der Waals surface area contributed by atoms with E-state index in [1.807, 2.05) is 0 Å². The lowest BCUT2D eigenvalue weighted by Gasteiger charge is -2.22. The largest absolute Gasteiger partial charge is 0.299 e. The van der Waals surface area contributed by atoms with E-state index in [4.69, 9.17) is 0 Å². The number of hydrogen-bond donors (Lipinski definition) is 0. The standard InChI is InChI=1S/C13H22O/c14-13-8-4-7-12(13)10-9-11-5-2-1-3-6-11/h11-12H,1-10H2. The first-order valence-electron chi connectivity index (χ1n) is 6.39. The summed E-state index contributed by atoms with van der Waals surface area (Å²) in [5.41, 5.74) is 0. The minimum atomic E-state index is 0.455. The molecule has 2 saturated carbocycles. The minimum Gasteiger partial charge on any atom is -0.299 e. The fourth-order valence-electron chi connectivity index (χ4n) is 3.11. The van der Waals surface area contributed by atoms with E-state index in [0.717, 1.165) is 18.8 Å². The van der Waals surface area contributed by atoms with Crippen molar-refractivity contribution in [3.63, 3.8) is 0 Å². The van der Waals surface area contributed by atoms with Crippen molar-refractivity contribution in [2.45, 2.75) is 64.2 Å². The Bertz CT molecular complexity index is 191. The van der Waals surface area contributed by atoms with Crippen LogP contribution >= 0.6 is 0 Å². The molecule has 2 rings (SSSR count). The van der Waals surface area contributed by atoms with Crippen LogP contribution < -0.4 is 0 Å². The molecular formula is C13H22O. The Morgan fingerprint density at radius 1 is 0.929 bits per heavy atom. The second kappa shape index (κ2) is 4.95. The molecule has 0 spiro atoms. The Morgan fingerprint density at radius 2 is 1.71 bits per heavy atom. The molecular weight excluding hydrogens is 172 g/mol. The van der Waals surface area contributed by atoms with Crippen LogP contribution in [0.3, 0.4) is 0 Å². The number of Topliss-reactive ketones (excluding diaryl/α,β-unsaturated/α-hetero) is 1. The molecule has 0 aliphatic heterocycles. The number of hydrogen-bond acceptors (Lipinski definition) is 1. The zero-order valence-corrected chi connectivity index (χ0v) is 9.13. The van der Waals surface area contributed by atoms with Gasteiger partial charge in [0.05, 0.1) is 0 Å². The lowest BCUT2D eigenvalue weighted by molar-refractivity contribution is -0.120. The van der Waals surface area contributed by atoms with E-state index in [-0.39, 0.29) is 0 Å². The average molecular weight is 194 g/mol. The van der Waals surface area contributed by atoms with Crippen molar-refractivity contribution in [1.29, 1.82) is 0 Å². The third-order valence-electron chi connectivity index (χ3n) is 4.08. The third kappa shape index (κ3) is 2.59. The van der Waals surface area contributed by atoms with E-state index in [1.54, 1.807) is 0 Å². The molecule has 0 aromatic rings. The van der Waals surface area contributed by atoms with Gasteiger partial charge in [-0.2, -0.15) is 0 Å². The van der Waals surface area contributed by atoms with Gasteiger partial charge in [-0.05, 0) is 31.6 Å². The summed E-state index contributed by atoms with van der Waals surface area (Å²) in [6.45, 7) is 0. The second-order valence-electron chi connectivity index (χ2n) is 5.14. The van der Waals surface area contributed by atoms with Crippen LogP contribution in [0, 0.1) is 11.8 Å². The normalized spacial score (nSPS) is 29.7. The van der Waals surface area contributed by atoms with Crippen LogP contribution in [0.2, 0.25) is 0 Å². The molecule has 80 valence electrons. The van der Waals surface area contributed by atoms with Gasteiger partial charge in [-0.15, -0.1) is 0 Å². The maximum absolute atomic E-state index is 11.4. The molecule has 0 amide bonds. The monoisotopic (exact) mass is 194 g/mol. The molecule has 2 aliphatic rings. The van der Waals surface area contributed by atoms with Gasteiger partial charge >= 0.3 is 0 Å². The van der Waals surface area contributed by atoms with Crippen molar-refractivity contribution in [3.8, 4) is 0 Å². The average Bonchev–Trinajstić information content (AvgIpc) is 2.63.